The first-order chi connectivity index (χ1) is 13.9. The number of nitriles is 1. The zero-order chi connectivity index (χ0) is 21.0. The molecule has 0 bridgehead atoms. The lowest BCUT2D eigenvalue weighted by Crippen LogP contribution is -2.55. The fourth-order valence-electron chi connectivity index (χ4n) is 3.90. The standard InChI is InChI=1S/C22H27N3O3S/c1-3-24(12-13-26)22(2)16-25(15-21(22)27)29(28)20-10-8-19(9-11-20)18-6-4-17(14-23)5-7-18/h4-11,21,26-27H,3,12-13,15-16H2,1-2H3/t21-,22+,29?/m0/s1. The van der Waals surface area contributed by atoms with E-state index < -0.39 is 22.6 Å². The highest BCUT2D eigenvalue weighted by atomic mass is 32.2. The second-order valence-electron chi connectivity index (χ2n) is 7.46. The molecule has 1 aliphatic heterocycles. The van der Waals surface area contributed by atoms with Crippen LogP contribution in [0.3, 0.4) is 0 Å². The summed E-state index contributed by atoms with van der Waals surface area (Å²) >= 11 is 0. The van der Waals surface area contributed by atoms with E-state index in [9.17, 15) is 14.4 Å². The predicted octanol–water partition coefficient (Wildman–Crippen LogP) is 2.00. The van der Waals surface area contributed by atoms with E-state index in [2.05, 4.69) is 6.07 Å². The third-order valence-electron chi connectivity index (χ3n) is 5.70. The van der Waals surface area contributed by atoms with Gasteiger partial charge in [0.1, 0.15) is 11.0 Å². The largest absolute Gasteiger partial charge is 0.395 e. The van der Waals surface area contributed by atoms with Crippen LogP contribution in [0.25, 0.3) is 11.1 Å². The molecular weight excluding hydrogens is 386 g/mol. The van der Waals surface area contributed by atoms with Crippen LogP contribution in [0.1, 0.15) is 19.4 Å². The fraction of sp³-hybridized carbons (Fsp3) is 0.409. The topological polar surface area (TPSA) is 87.8 Å². The Morgan fingerprint density at radius 3 is 2.31 bits per heavy atom. The molecule has 0 spiro atoms. The molecule has 2 aromatic carbocycles. The molecule has 3 atom stereocenters. The molecule has 0 radical (unpaired) electrons. The van der Waals surface area contributed by atoms with Gasteiger partial charge in [0.15, 0.2) is 0 Å². The van der Waals surface area contributed by atoms with Crippen LogP contribution < -0.4 is 0 Å². The lowest BCUT2D eigenvalue weighted by Gasteiger charge is -2.39. The SMILES string of the molecule is CCN(CCO)[C@]1(C)CN(S(=O)c2ccc(-c3ccc(C#N)cc3)cc2)C[C@@H]1O. The van der Waals surface area contributed by atoms with Crippen molar-refractivity contribution in [1.82, 2.24) is 9.21 Å². The van der Waals surface area contributed by atoms with E-state index in [1.165, 1.54) is 0 Å². The van der Waals surface area contributed by atoms with E-state index in [1.54, 1.807) is 16.4 Å². The lowest BCUT2D eigenvalue weighted by molar-refractivity contribution is 0.00761. The summed E-state index contributed by atoms with van der Waals surface area (Å²) in [4.78, 5) is 2.73. The van der Waals surface area contributed by atoms with Crippen LogP contribution >= 0.6 is 0 Å². The molecular formula is C22H27N3O3S. The van der Waals surface area contributed by atoms with Crippen molar-refractivity contribution in [3.8, 4) is 17.2 Å². The average Bonchev–Trinajstić information content (AvgIpc) is 3.07. The molecule has 6 nitrogen and oxygen atoms in total. The van der Waals surface area contributed by atoms with E-state index in [0.717, 1.165) is 11.1 Å². The van der Waals surface area contributed by atoms with E-state index in [1.807, 2.05) is 55.1 Å². The van der Waals surface area contributed by atoms with E-state index in [-0.39, 0.29) is 6.61 Å². The number of aliphatic hydroxyl groups is 2. The van der Waals surface area contributed by atoms with Crippen LogP contribution in [0.5, 0.6) is 0 Å². The number of nitrogens with zero attached hydrogens (tertiary/aromatic N) is 3. The summed E-state index contributed by atoms with van der Waals surface area (Å²) in [6.07, 6.45) is -0.643. The number of aliphatic hydroxyl groups excluding tert-OH is 2. The Hall–Kier alpha value is -2.08. The Morgan fingerprint density at radius 2 is 1.79 bits per heavy atom. The van der Waals surface area contributed by atoms with E-state index in [0.29, 0.717) is 36.6 Å². The van der Waals surface area contributed by atoms with Crippen LogP contribution in [-0.2, 0) is 11.0 Å². The monoisotopic (exact) mass is 413 g/mol. The van der Waals surface area contributed by atoms with Crippen molar-refractivity contribution in [3.63, 3.8) is 0 Å². The molecule has 0 aromatic heterocycles. The number of likely N-dealkylation sites (N-methyl/N-ethyl adjacent to an activating group) is 1. The van der Waals surface area contributed by atoms with Crippen molar-refractivity contribution in [3.05, 3.63) is 54.1 Å². The van der Waals surface area contributed by atoms with Crippen molar-refractivity contribution in [2.24, 2.45) is 0 Å². The van der Waals surface area contributed by atoms with Crippen LogP contribution in [0.4, 0.5) is 0 Å². The molecule has 3 rings (SSSR count). The molecule has 1 fully saturated rings. The number of hydrogen-bond acceptors (Lipinski definition) is 5. The van der Waals surface area contributed by atoms with Crippen LogP contribution in [0, 0.1) is 11.3 Å². The summed E-state index contributed by atoms with van der Waals surface area (Å²) in [7, 11) is -1.38. The van der Waals surface area contributed by atoms with Crippen LogP contribution in [-0.4, -0.2) is 68.1 Å². The molecule has 29 heavy (non-hydrogen) atoms. The first kappa shape index (κ1) is 21.6. The quantitative estimate of drug-likeness (QED) is 0.725. The Morgan fingerprint density at radius 1 is 1.21 bits per heavy atom. The Labute approximate surface area is 174 Å². The van der Waals surface area contributed by atoms with Gasteiger partial charge in [-0.15, -0.1) is 0 Å². The maximum Gasteiger partial charge on any atom is 0.127 e. The average molecular weight is 414 g/mol. The second kappa shape index (κ2) is 9.16. The highest BCUT2D eigenvalue weighted by Gasteiger charge is 2.47. The number of β-amino-alcohol motifs (C(OH)–C–C–N with tert-alkyl or cyclic N) is 2. The third kappa shape index (κ3) is 4.42. The minimum atomic E-state index is -1.38. The zero-order valence-corrected chi connectivity index (χ0v) is 17.6. The molecule has 154 valence electrons. The highest BCUT2D eigenvalue weighted by Crippen LogP contribution is 2.31. The van der Waals surface area contributed by atoms with Crippen molar-refractivity contribution < 1.29 is 14.4 Å². The van der Waals surface area contributed by atoms with Crippen molar-refractivity contribution in [2.75, 3.05) is 32.8 Å². The normalized spacial score (nSPS) is 23.2. The molecule has 0 aliphatic carbocycles. The Kier molecular flexibility index (Phi) is 6.83. The summed E-state index contributed by atoms with van der Waals surface area (Å²) in [6, 6.07) is 17.0. The maximum absolute atomic E-state index is 13.1. The molecule has 1 heterocycles. The van der Waals surface area contributed by atoms with Gasteiger partial charge < -0.3 is 10.2 Å². The smallest absolute Gasteiger partial charge is 0.127 e. The molecule has 1 unspecified atom stereocenters. The van der Waals surface area contributed by atoms with E-state index in [4.69, 9.17) is 5.26 Å². The molecule has 0 saturated carbocycles. The maximum atomic E-state index is 13.1. The van der Waals surface area contributed by atoms with Gasteiger partial charge in [0.25, 0.3) is 0 Å². The van der Waals surface area contributed by atoms with Gasteiger partial charge in [-0.2, -0.15) is 5.26 Å². The summed E-state index contributed by atoms with van der Waals surface area (Å²) in [5, 5.41) is 28.9. The van der Waals surface area contributed by atoms with Crippen LogP contribution in [0.15, 0.2) is 53.4 Å². The highest BCUT2D eigenvalue weighted by molar-refractivity contribution is 7.82. The van der Waals surface area contributed by atoms with Crippen molar-refractivity contribution in [2.45, 2.75) is 30.4 Å². The van der Waals surface area contributed by atoms with Crippen molar-refractivity contribution in [1.29, 1.82) is 5.26 Å². The summed E-state index contributed by atoms with van der Waals surface area (Å²) in [6.45, 7) is 5.94. The Bertz CT molecular complexity index is 895. The van der Waals surface area contributed by atoms with Gasteiger partial charge in [-0.05, 0) is 48.9 Å². The summed E-state index contributed by atoms with van der Waals surface area (Å²) < 4.78 is 14.9. The number of benzene rings is 2. The molecule has 2 N–H and O–H groups in total. The number of rotatable bonds is 7. The minimum Gasteiger partial charge on any atom is -0.395 e. The lowest BCUT2D eigenvalue weighted by atomic mass is 9.96. The van der Waals surface area contributed by atoms with Gasteiger partial charge in [-0.25, -0.2) is 8.51 Å². The molecule has 0 amide bonds. The van der Waals surface area contributed by atoms with Crippen molar-refractivity contribution >= 4 is 11.0 Å². The first-order valence-electron chi connectivity index (χ1n) is 9.74. The molecule has 7 heteroatoms. The number of hydrogen-bond donors (Lipinski definition) is 2. The summed E-state index contributed by atoms with van der Waals surface area (Å²) in [5.74, 6) is 0. The van der Waals surface area contributed by atoms with Gasteiger partial charge in [0.05, 0.1) is 34.8 Å². The van der Waals surface area contributed by atoms with Gasteiger partial charge in [0, 0.05) is 19.6 Å². The fourth-order valence-corrected chi connectivity index (χ4v) is 5.22. The predicted molar refractivity (Wildman–Crippen MR) is 113 cm³/mol. The Balaban J connectivity index is 1.74. The van der Waals surface area contributed by atoms with Gasteiger partial charge in [-0.3, -0.25) is 4.90 Å². The molecule has 1 aliphatic rings. The first-order valence-corrected chi connectivity index (χ1v) is 10.8. The van der Waals surface area contributed by atoms with Crippen LogP contribution in [0.2, 0.25) is 0 Å². The zero-order valence-electron chi connectivity index (χ0n) is 16.8. The summed E-state index contributed by atoms with van der Waals surface area (Å²) in [5.41, 5.74) is 2.05. The third-order valence-corrected chi connectivity index (χ3v) is 7.13. The molecule has 1 saturated heterocycles. The second-order valence-corrected chi connectivity index (χ2v) is 8.95. The van der Waals surface area contributed by atoms with Gasteiger partial charge in [-0.1, -0.05) is 31.2 Å². The van der Waals surface area contributed by atoms with Gasteiger partial charge >= 0.3 is 0 Å². The molecule has 2 aromatic rings. The van der Waals surface area contributed by atoms with Gasteiger partial charge in [0.2, 0.25) is 0 Å². The van der Waals surface area contributed by atoms with E-state index >= 15 is 0 Å². The minimum absolute atomic E-state index is 0.0239.